The molecule has 3 rings (SSSR count). The van der Waals surface area contributed by atoms with Gasteiger partial charge in [-0.15, -0.1) is 0 Å². The second-order valence-electron chi connectivity index (χ2n) is 9.26. The Bertz CT molecular complexity index is 1110. The first-order chi connectivity index (χ1) is 16.7. The highest BCUT2D eigenvalue weighted by Crippen LogP contribution is 2.26. The Morgan fingerprint density at radius 2 is 1.77 bits per heavy atom. The van der Waals surface area contributed by atoms with Crippen molar-refractivity contribution >= 4 is 23.5 Å². The van der Waals surface area contributed by atoms with Crippen molar-refractivity contribution < 1.29 is 14.7 Å². The highest BCUT2D eigenvalue weighted by atomic mass is 16.4. The Morgan fingerprint density at radius 1 is 1.09 bits per heavy atom. The number of hydrogen-bond donors (Lipinski definition) is 4. The summed E-state index contributed by atoms with van der Waals surface area (Å²) in [6, 6.07) is 12.3. The Balaban J connectivity index is 1.88. The van der Waals surface area contributed by atoms with Crippen molar-refractivity contribution in [2.45, 2.75) is 46.1 Å². The number of carboxylic acid groups (broad SMARTS) is 1. The van der Waals surface area contributed by atoms with Crippen LogP contribution in [0.25, 0.3) is 11.1 Å². The fraction of sp³-hybridized carbons (Fsp3) is 0.407. The number of carbonyl (C=O) groups is 2. The topological polar surface area (TPSA) is 135 Å². The van der Waals surface area contributed by atoms with Gasteiger partial charge in [-0.3, -0.25) is 15.6 Å². The van der Waals surface area contributed by atoms with Crippen LogP contribution in [0.2, 0.25) is 0 Å². The third-order valence-corrected chi connectivity index (χ3v) is 6.50. The van der Waals surface area contributed by atoms with Crippen molar-refractivity contribution in [1.29, 1.82) is 10.8 Å². The van der Waals surface area contributed by atoms with Crippen LogP contribution in [0.1, 0.15) is 61.0 Å². The predicted molar refractivity (Wildman–Crippen MR) is 138 cm³/mol. The number of piperidine rings is 1. The van der Waals surface area contributed by atoms with Crippen molar-refractivity contribution in [3.8, 4) is 11.1 Å². The lowest BCUT2D eigenvalue weighted by molar-refractivity contribution is -0.132. The van der Waals surface area contributed by atoms with Crippen molar-refractivity contribution in [1.82, 2.24) is 9.80 Å². The van der Waals surface area contributed by atoms with E-state index in [9.17, 15) is 14.7 Å². The fourth-order valence-corrected chi connectivity index (χ4v) is 4.55. The molecule has 0 aromatic heterocycles. The molecule has 2 aromatic carbocycles. The first kappa shape index (κ1) is 25.9. The Morgan fingerprint density at radius 3 is 2.37 bits per heavy atom. The smallest absolute Gasteiger partial charge is 0.335 e. The maximum atomic E-state index is 13.0. The number of nitrogen functional groups attached to an aromatic ring is 1. The summed E-state index contributed by atoms with van der Waals surface area (Å²) in [6.07, 6.45) is 3.04. The SMILES string of the molecule is CCCC(=O)N(Cc1cc(C(=O)O)cc(-c2cccc(C(=N)N)c2)c1)CC1CCN(C(C)=N)CC1. The Kier molecular flexibility index (Phi) is 8.63. The van der Waals surface area contributed by atoms with Gasteiger partial charge >= 0.3 is 5.97 Å². The molecule has 8 nitrogen and oxygen atoms in total. The number of rotatable bonds is 9. The van der Waals surface area contributed by atoms with E-state index in [4.69, 9.17) is 16.6 Å². The molecule has 1 saturated heterocycles. The van der Waals surface area contributed by atoms with E-state index in [2.05, 4.69) is 4.90 Å². The van der Waals surface area contributed by atoms with Gasteiger partial charge in [0.2, 0.25) is 5.91 Å². The zero-order valence-electron chi connectivity index (χ0n) is 20.5. The summed E-state index contributed by atoms with van der Waals surface area (Å²) >= 11 is 0. The molecule has 1 amide bonds. The summed E-state index contributed by atoms with van der Waals surface area (Å²) in [5.41, 5.74) is 8.59. The number of carboxylic acids is 1. The Hall–Kier alpha value is -3.68. The molecule has 5 N–H and O–H groups in total. The summed E-state index contributed by atoms with van der Waals surface area (Å²) in [5.74, 6) is -0.0901. The van der Waals surface area contributed by atoms with Crippen LogP contribution in [0, 0.1) is 16.7 Å². The molecule has 0 unspecified atom stereocenters. The lowest BCUT2D eigenvalue weighted by atomic mass is 9.95. The second kappa shape index (κ2) is 11.6. The first-order valence-corrected chi connectivity index (χ1v) is 12.1. The number of hydrogen-bond acceptors (Lipinski definition) is 4. The van der Waals surface area contributed by atoms with Crippen LogP contribution >= 0.6 is 0 Å². The third kappa shape index (κ3) is 6.91. The van der Waals surface area contributed by atoms with Crippen molar-refractivity contribution in [3.05, 3.63) is 59.2 Å². The molecular formula is C27H35N5O3. The van der Waals surface area contributed by atoms with Gasteiger partial charge in [-0.25, -0.2) is 4.79 Å². The monoisotopic (exact) mass is 477 g/mol. The largest absolute Gasteiger partial charge is 0.478 e. The highest BCUT2D eigenvalue weighted by Gasteiger charge is 2.24. The van der Waals surface area contributed by atoms with Crippen LogP contribution in [-0.2, 0) is 11.3 Å². The van der Waals surface area contributed by atoms with Gasteiger partial charge in [0.15, 0.2) is 0 Å². The van der Waals surface area contributed by atoms with Crippen LogP contribution in [-0.4, -0.2) is 58.1 Å². The summed E-state index contributed by atoms with van der Waals surface area (Å²) in [5, 5.41) is 25.3. The van der Waals surface area contributed by atoms with Crippen molar-refractivity contribution in [3.63, 3.8) is 0 Å². The number of carbonyl (C=O) groups excluding carboxylic acids is 1. The molecule has 0 spiro atoms. The summed E-state index contributed by atoms with van der Waals surface area (Å²) in [7, 11) is 0. The van der Waals surface area contributed by atoms with Crippen LogP contribution < -0.4 is 5.73 Å². The van der Waals surface area contributed by atoms with Gasteiger partial charge < -0.3 is 20.6 Å². The third-order valence-electron chi connectivity index (χ3n) is 6.50. The molecular weight excluding hydrogens is 442 g/mol. The standard InChI is InChI=1S/C27H35N5O3/c1-3-5-25(33)32(16-19-8-10-31(11-9-19)18(2)28)17-20-12-23(15-24(13-20)27(34)35)21-6-4-7-22(14-21)26(29)30/h4,6-7,12-15,19,28H,3,5,8-11,16-17H2,1-2H3,(H3,29,30)(H,34,35). The van der Waals surface area contributed by atoms with Crippen molar-refractivity contribution in [2.24, 2.45) is 11.7 Å². The van der Waals surface area contributed by atoms with E-state index in [1.54, 1.807) is 37.3 Å². The maximum absolute atomic E-state index is 13.0. The highest BCUT2D eigenvalue weighted by molar-refractivity contribution is 5.96. The quantitative estimate of drug-likeness (QED) is 0.317. The average Bonchev–Trinajstić information content (AvgIpc) is 2.84. The van der Waals surface area contributed by atoms with Crippen LogP contribution in [0.5, 0.6) is 0 Å². The molecule has 0 radical (unpaired) electrons. The number of benzene rings is 2. The van der Waals surface area contributed by atoms with E-state index < -0.39 is 5.97 Å². The minimum absolute atomic E-state index is 0.0536. The van der Waals surface area contributed by atoms with Gasteiger partial charge in [-0.05, 0) is 73.1 Å². The Labute approximate surface area is 206 Å². The van der Waals surface area contributed by atoms with Gasteiger partial charge in [0.05, 0.1) is 11.4 Å². The van der Waals surface area contributed by atoms with Gasteiger partial charge in [-0.1, -0.05) is 25.1 Å². The predicted octanol–water partition coefficient (Wildman–Crippen LogP) is 4.17. The lowest BCUT2D eigenvalue weighted by Crippen LogP contribution is -2.42. The lowest BCUT2D eigenvalue weighted by Gasteiger charge is -2.35. The number of amidine groups is 2. The first-order valence-electron chi connectivity index (χ1n) is 12.1. The summed E-state index contributed by atoms with van der Waals surface area (Å²) < 4.78 is 0. The normalized spacial score (nSPS) is 13.9. The van der Waals surface area contributed by atoms with E-state index in [-0.39, 0.29) is 17.3 Å². The molecule has 1 aliphatic rings. The zero-order valence-corrected chi connectivity index (χ0v) is 20.5. The zero-order chi connectivity index (χ0) is 25.5. The van der Waals surface area contributed by atoms with E-state index in [0.29, 0.717) is 42.4 Å². The molecule has 1 heterocycles. The maximum Gasteiger partial charge on any atom is 0.335 e. The number of nitrogens with two attached hydrogens (primary N) is 1. The average molecular weight is 478 g/mol. The molecule has 2 aromatic rings. The van der Waals surface area contributed by atoms with E-state index in [1.807, 2.05) is 24.0 Å². The summed E-state index contributed by atoms with van der Waals surface area (Å²) in [6.45, 7) is 6.38. The number of amides is 1. The van der Waals surface area contributed by atoms with E-state index >= 15 is 0 Å². The minimum atomic E-state index is -1.03. The molecule has 1 aliphatic heterocycles. The number of aromatic carboxylic acids is 1. The molecule has 0 atom stereocenters. The fourth-order valence-electron chi connectivity index (χ4n) is 4.55. The molecule has 8 heteroatoms. The van der Waals surface area contributed by atoms with Crippen molar-refractivity contribution in [2.75, 3.05) is 19.6 Å². The van der Waals surface area contributed by atoms with Gasteiger partial charge in [-0.2, -0.15) is 0 Å². The van der Waals surface area contributed by atoms with Crippen LogP contribution in [0.3, 0.4) is 0 Å². The minimum Gasteiger partial charge on any atom is -0.478 e. The molecule has 0 bridgehead atoms. The van der Waals surface area contributed by atoms with Crippen LogP contribution in [0.4, 0.5) is 0 Å². The molecule has 35 heavy (non-hydrogen) atoms. The van der Waals surface area contributed by atoms with Gasteiger partial charge in [0.25, 0.3) is 0 Å². The number of likely N-dealkylation sites (tertiary alicyclic amines) is 1. The number of nitrogens with one attached hydrogen (secondary N) is 2. The number of nitrogens with zero attached hydrogens (tertiary/aromatic N) is 2. The molecule has 1 fully saturated rings. The molecule has 0 saturated carbocycles. The van der Waals surface area contributed by atoms with Gasteiger partial charge in [0, 0.05) is 38.2 Å². The van der Waals surface area contributed by atoms with E-state index in [0.717, 1.165) is 43.5 Å². The molecule has 0 aliphatic carbocycles. The van der Waals surface area contributed by atoms with Gasteiger partial charge in [0.1, 0.15) is 5.84 Å². The molecule has 186 valence electrons. The second-order valence-corrected chi connectivity index (χ2v) is 9.26. The summed E-state index contributed by atoms with van der Waals surface area (Å²) in [4.78, 5) is 28.8. The van der Waals surface area contributed by atoms with E-state index in [1.165, 1.54) is 0 Å². The van der Waals surface area contributed by atoms with Crippen LogP contribution in [0.15, 0.2) is 42.5 Å².